The number of quaternary nitrogens is 1. The van der Waals surface area contributed by atoms with Crippen molar-refractivity contribution < 1.29 is 37.3 Å². The molecule has 9 nitrogen and oxygen atoms in total. The molecule has 0 aromatic rings. The number of amides is 1. The number of esters is 1. The summed E-state index contributed by atoms with van der Waals surface area (Å²) in [6, 6.07) is -0.846. The number of hydrogen-bond donors (Lipinski definition) is 2. The predicted octanol–water partition coefficient (Wildman–Crippen LogP) is 24.6. The van der Waals surface area contributed by atoms with E-state index in [1.165, 1.54) is 302 Å². The van der Waals surface area contributed by atoms with Crippen molar-refractivity contribution in [2.75, 3.05) is 40.9 Å². The third-order valence-corrected chi connectivity index (χ3v) is 18.5. The normalized spacial score (nSPS) is 13.6. The molecular formula is C77H150N2O7P+. The van der Waals surface area contributed by atoms with Crippen LogP contribution in [0.4, 0.5) is 0 Å². The summed E-state index contributed by atoms with van der Waals surface area (Å²) in [6.45, 7) is 7.08. The Bertz CT molecular complexity index is 1580. The molecule has 2 N–H and O–H groups in total. The second-order valence-corrected chi connectivity index (χ2v) is 29.0. The lowest BCUT2D eigenvalue weighted by molar-refractivity contribution is -0.870. The minimum absolute atomic E-state index is 0.0434. The number of nitrogens with one attached hydrogen (secondary N) is 1. The van der Waals surface area contributed by atoms with Gasteiger partial charge in [0.15, 0.2) is 0 Å². The fourth-order valence-electron chi connectivity index (χ4n) is 11.6. The van der Waals surface area contributed by atoms with Gasteiger partial charge in [0, 0.05) is 12.8 Å². The molecule has 0 spiro atoms. The molecule has 0 saturated heterocycles. The van der Waals surface area contributed by atoms with E-state index in [-0.39, 0.29) is 25.1 Å². The van der Waals surface area contributed by atoms with E-state index in [0.29, 0.717) is 23.9 Å². The SMILES string of the molecule is CCCCCCCC/C=C/CCCCCCCCCCCCCCCCCC(=O)OC(/C=C/CCCCCCCCCCCCC)C(COP(=O)(O)OCC[N+](C)(C)C)NC(=O)CCCCCCCCCCCCCCC/C=C/CCCCCCCC. The minimum atomic E-state index is -4.45. The number of allylic oxidation sites excluding steroid dienone is 5. The molecule has 0 aromatic heterocycles. The summed E-state index contributed by atoms with van der Waals surface area (Å²) in [4.78, 5) is 38.0. The number of rotatable bonds is 71. The third-order valence-electron chi connectivity index (χ3n) is 17.6. The van der Waals surface area contributed by atoms with E-state index in [4.69, 9.17) is 13.8 Å². The first kappa shape index (κ1) is 85.2. The Morgan fingerprint density at radius 3 is 0.977 bits per heavy atom. The van der Waals surface area contributed by atoms with E-state index >= 15 is 0 Å². The van der Waals surface area contributed by atoms with E-state index in [0.717, 1.165) is 57.8 Å². The van der Waals surface area contributed by atoms with Crippen molar-refractivity contribution in [2.45, 2.75) is 405 Å². The number of carbonyl (C=O) groups excluding carboxylic acids is 2. The zero-order valence-corrected chi connectivity index (χ0v) is 59.9. The molecule has 1 amide bonds. The zero-order valence-electron chi connectivity index (χ0n) is 59.0. The molecule has 0 radical (unpaired) electrons. The quantitative estimate of drug-likeness (QED) is 0.0205. The Hall–Kier alpha value is -1.77. The Labute approximate surface area is 542 Å². The number of hydrogen-bond acceptors (Lipinski definition) is 6. The molecule has 3 atom stereocenters. The molecule has 87 heavy (non-hydrogen) atoms. The van der Waals surface area contributed by atoms with Gasteiger partial charge in [0.2, 0.25) is 5.91 Å². The highest BCUT2D eigenvalue weighted by Crippen LogP contribution is 2.43. The van der Waals surface area contributed by atoms with Crippen LogP contribution in [0.25, 0.3) is 0 Å². The van der Waals surface area contributed by atoms with Gasteiger partial charge in [-0.3, -0.25) is 18.6 Å². The molecular weight excluding hydrogens is 1100 g/mol. The topological polar surface area (TPSA) is 111 Å². The average molecular weight is 1250 g/mol. The number of likely N-dealkylation sites (N-methyl/N-ethyl adjacent to an activating group) is 1. The van der Waals surface area contributed by atoms with E-state index < -0.39 is 20.0 Å². The molecule has 0 bridgehead atoms. The van der Waals surface area contributed by atoms with Crippen molar-refractivity contribution in [2.24, 2.45) is 0 Å². The van der Waals surface area contributed by atoms with Gasteiger partial charge < -0.3 is 19.4 Å². The molecule has 0 fully saturated rings. The van der Waals surface area contributed by atoms with Crippen LogP contribution < -0.4 is 5.32 Å². The third kappa shape index (κ3) is 68.4. The molecule has 10 heteroatoms. The second kappa shape index (κ2) is 67.1. The number of unbranched alkanes of at least 4 members (excludes halogenated alkanes) is 51. The lowest BCUT2D eigenvalue weighted by Gasteiger charge is -2.27. The van der Waals surface area contributed by atoms with Crippen LogP contribution in [-0.2, 0) is 27.9 Å². The molecule has 514 valence electrons. The number of phosphoric acid groups is 1. The first-order valence-corrected chi connectivity index (χ1v) is 39.8. The molecule has 0 saturated carbocycles. The van der Waals surface area contributed by atoms with Gasteiger partial charge in [-0.05, 0) is 83.1 Å². The van der Waals surface area contributed by atoms with Crippen molar-refractivity contribution in [1.29, 1.82) is 0 Å². The summed E-state index contributed by atoms with van der Waals surface area (Å²) in [5.41, 5.74) is 0. The van der Waals surface area contributed by atoms with Crippen molar-refractivity contribution in [3.05, 3.63) is 36.5 Å². The monoisotopic (exact) mass is 1250 g/mol. The number of ether oxygens (including phenoxy) is 1. The largest absolute Gasteiger partial charge is 0.472 e. The van der Waals surface area contributed by atoms with Gasteiger partial charge in [0.1, 0.15) is 19.3 Å². The van der Waals surface area contributed by atoms with Crippen molar-refractivity contribution >= 4 is 19.7 Å². The highest BCUT2D eigenvalue weighted by molar-refractivity contribution is 7.47. The molecule has 3 unspecified atom stereocenters. The molecule has 0 aliphatic heterocycles. The van der Waals surface area contributed by atoms with Gasteiger partial charge in [-0.15, -0.1) is 0 Å². The summed E-state index contributed by atoms with van der Waals surface area (Å²) in [6.07, 6.45) is 84.5. The standard InChI is InChI=1S/C77H149N2O7P/c1-7-10-13-16-19-22-25-28-30-32-34-36-38-39-41-43-45-47-49-52-55-58-61-64-67-70-77(81)86-75(68-65-62-59-56-53-50-27-24-21-18-15-12-9-3)74(73-85-87(82,83)84-72-71-79(4,5)6)78-76(80)69-66-63-60-57-54-51-48-46-44-42-40-37-35-33-31-29-26-23-20-17-14-11-8-2/h28-31,65,68,74-75H,7-27,32-64,66-67,69-73H2,1-6H3,(H-,78,80,82,83)/p+1/b30-28+,31-29+,68-65+. The molecule has 0 aliphatic rings. The van der Waals surface area contributed by atoms with Crippen LogP contribution in [0, 0.1) is 0 Å². The maximum absolute atomic E-state index is 13.6. The van der Waals surface area contributed by atoms with Crippen LogP contribution in [-0.4, -0.2) is 74.3 Å². The maximum Gasteiger partial charge on any atom is 0.472 e. The lowest BCUT2D eigenvalue weighted by atomic mass is 10.0. The van der Waals surface area contributed by atoms with Crippen molar-refractivity contribution in [3.63, 3.8) is 0 Å². The smallest absolute Gasteiger partial charge is 0.456 e. The highest BCUT2D eigenvalue weighted by atomic mass is 31.2. The summed E-state index contributed by atoms with van der Waals surface area (Å²) < 4.78 is 30.9. The molecule has 0 aromatic carbocycles. The first-order valence-electron chi connectivity index (χ1n) is 38.3. The van der Waals surface area contributed by atoms with E-state index in [9.17, 15) is 19.0 Å². The number of phosphoric ester groups is 1. The van der Waals surface area contributed by atoms with Crippen LogP contribution >= 0.6 is 7.82 Å². The van der Waals surface area contributed by atoms with Crippen molar-refractivity contribution in [1.82, 2.24) is 5.32 Å². The van der Waals surface area contributed by atoms with Crippen molar-refractivity contribution in [3.8, 4) is 0 Å². The Morgan fingerprint density at radius 1 is 0.391 bits per heavy atom. The van der Waals surface area contributed by atoms with Gasteiger partial charge in [-0.2, -0.15) is 0 Å². The lowest BCUT2D eigenvalue weighted by Crippen LogP contribution is -2.47. The highest BCUT2D eigenvalue weighted by Gasteiger charge is 2.30. The minimum Gasteiger partial charge on any atom is -0.456 e. The van der Waals surface area contributed by atoms with Gasteiger partial charge in [0.05, 0.1) is 33.8 Å². The predicted molar refractivity (Wildman–Crippen MR) is 379 cm³/mol. The van der Waals surface area contributed by atoms with Crippen LogP contribution in [0.3, 0.4) is 0 Å². The van der Waals surface area contributed by atoms with Crippen LogP contribution in [0.15, 0.2) is 36.5 Å². The van der Waals surface area contributed by atoms with Crippen LogP contribution in [0.1, 0.15) is 393 Å². The van der Waals surface area contributed by atoms with Gasteiger partial charge in [-0.25, -0.2) is 4.57 Å². The van der Waals surface area contributed by atoms with E-state index in [1.807, 2.05) is 27.2 Å². The molecule has 0 rings (SSSR count). The first-order chi connectivity index (χ1) is 42.4. The van der Waals surface area contributed by atoms with Crippen LogP contribution in [0.5, 0.6) is 0 Å². The fourth-order valence-corrected chi connectivity index (χ4v) is 12.4. The summed E-state index contributed by atoms with van der Waals surface area (Å²) in [5, 5.41) is 3.09. The zero-order chi connectivity index (χ0) is 63.5. The average Bonchev–Trinajstić information content (AvgIpc) is 3.70. The van der Waals surface area contributed by atoms with Crippen LogP contribution in [0.2, 0.25) is 0 Å². The Kier molecular flexibility index (Phi) is 65.8. The van der Waals surface area contributed by atoms with Gasteiger partial charge in [-0.1, -0.05) is 334 Å². The maximum atomic E-state index is 13.6. The summed E-state index contributed by atoms with van der Waals surface area (Å²) >= 11 is 0. The molecule has 0 aliphatic carbocycles. The van der Waals surface area contributed by atoms with Gasteiger partial charge >= 0.3 is 13.8 Å². The number of carbonyl (C=O) groups is 2. The summed E-state index contributed by atoms with van der Waals surface area (Å²) in [5.74, 6) is -0.482. The van der Waals surface area contributed by atoms with E-state index in [2.05, 4.69) is 56.5 Å². The second-order valence-electron chi connectivity index (χ2n) is 27.5. The van der Waals surface area contributed by atoms with E-state index in [1.54, 1.807) is 0 Å². The number of nitrogens with zero attached hydrogens (tertiary/aromatic N) is 1. The van der Waals surface area contributed by atoms with Gasteiger partial charge in [0.25, 0.3) is 0 Å². The Balaban J connectivity index is 4.99. The fraction of sp³-hybridized carbons (Fsp3) is 0.896. The Morgan fingerprint density at radius 2 is 0.667 bits per heavy atom. The molecule has 0 heterocycles. The summed E-state index contributed by atoms with van der Waals surface area (Å²) in [7, 11) is 1.52.